The number of hydrogen-bond acceptors (Lipinski definition) is 2. The predicted octanol–water partition coefficient (Wildman–Crippen LogP) is 3.87. The highest BCUT2D eigenvalue weighted by molar-refractivity contribution is 6.30. The standard InChI is InChI=1S/C15H17ClN2/c1-11-3-8-15(14(17)9-11)18(2)10-12-4-6-13(16)7-5-12/h3-9H,10,17H2,1-2H3. The van der Waals surface area contributed by atoms with Crippen molar-refractivity contribution in [2.75, 3.05) is 17.7 Å². The maximum Gasteiger partial charge on any atom is 0.0600 e. The number of rotatable bonds is 3. The summed E-state index contributed by atoms with van der Waals surface area (Å²) >= 11 is 5.87. The van der Waals surface area contributed by atoms with Crippen LogP contribution < -0.4 is 10.6 Å². The molecule has 0 aliphatic heterocycles. The first-order valence-corrected chi connectivity index (χ1v) is 6.26. The molecule has 0 radical (unpaired) electrons. The predicted molar refractivity (Wildman–Crippen MR) is 79.2 cm³/mol. The minimum atomic E-state index is 0.760. The molecule has 3 heteroatoms. The van der Waals surface area contributed by atoms with Gasteiger partial charge in [0, 0.05) is 18.6 Å². The Bertz CT molecular complexity index is 535. The molecule has 18 heavy (non-hydrogen) atoms. The first-order valence-electron chi connectivity index (χ1n) is 5.88. The second kappa shape index (κ2) is 5.32. The lowest BCUT2D eigenvalue weighted by Crippen LogP contribution is -2.17. The van der Waals surface area contributed by atoms with Crippen LogP contribution in [0.2, 0.25) is 5.02 Å². The van der Waals surface area contributed by atoms with Crippen LogP contribution in [0.4, 0.5) is 11.4 Å². The summed E-state index contributed by atoms with van der Waals surface area (Å²) in [6.07, 6.45) is 0. The third-order valence-electron chi connectivity index (χ3n) is 2.93. The molecule has 0 aliphatic carbocycles. The topological polar surface area (TPSA) is 29.3 Å². The van der Waals surface area contributed by atoms with E-state index < -0.39 is 0 Å². The highest BCUT2D eigenvalue weighted by Gasteiger charge is 2.06. The number of nitrogen functional groups attached to an aromatic ring is 1. The Morgan fingerprint density at radius 1 is 1.11 bits per heavy atom. The van der Waals surface area contributed by atoms with E-state index in [4.69, 9.17) is 17.3 Å². The summed E-state index contributed by atoms with van der Waals surface area (Å²) < 4.78 is 0. The molecule has 0 saturated carbocycles. The summed E-state index contributed by atoms with van der Waals surface area (Å²) in [4.78, 5) is 2.14. The zero-order chi connectivity index (χ0) is 13.1. The van der Waals surface area contributed by atoms with Crippen LogP contribution in [0.1, 0.15) is 11.1 Å². The fourth-order valence-corrected chi connectivity index (χ4v) is 2.10. The molecule has 2 rings (SSSR count). The van der Waals surface area contributed by atoms with Crippen molar-refractivity contribution in [3.63, 3.8) is 0 Å². The third-order valence-corrected chi connectivity index (χ3v) is 3.18. The highest BCUT2D eigenvalue weighted by atomic mass is 35.5. The SMILES string of the molecule is Cc1ccc(N(C)Cc2ccc(Cl)cc2)c(N)c1. The normalized spacial score (nSPS) is 10.4. The number of halogens is 1. The van der Waals surface area contributed by atoms with Crippen LogP contribution in [-0.4, -0.2) is 7.05 Å². The average molecular weight is 261 g/mol. The molecule has 2 aromatic carbocycles. The Morgan fingerprint density at radius 3 is 2.39 bits per heavy atom. The van der Waals surface area contributed by atoms with E-state index >= 15 is 0 Å². The van der Waals surface area contributed by atoms with Gasteiger partial charge in [-0.05, 0) is 42.3 Å². The monoisotopic (exact) mass is 260 g/mol. The van der Waals surface area contributed by atoms with Crippen molar-refractivity contribution in [3.8, 4) is 0 Å². The van der Waals surface area contributed by atoms with E-state index in [-0.39, 0.29) is 0 Å². The Labute approximate surface area is 113 Å². The lowest BCUT2D eigenvalue weighted by molar-refractivity contribution is 0.924. The van der Waals surface area contributed by atoms with Crippen LogP contribution in [0.25, 0.3) is 0 Å². The van der Waals surface area contributed by atoms with Gasteiger partial charge in [0.25, 0.3) is 0 Å². The van der Waals surface area contributed by atoms with E-state index in [1.54, 1.807) is 0 Å². The molecule has 2 N–H and O–H groups in total. The quantitative estimate of drug-likeness (QED) is 0.849. The summed E-state index contributed by atoms with van der Waals surface area (Å²) in [7, 11) is 2.04. The van der Waals surface area contributed by atoms with E-state index in [0.717, 1.165) is 22.9 Å². The summed E-state index contributed by atoms with van der Waals surface area (Å²) in [6, 6.07) is 14.0. The number of aryl methyl sites for hydroxylation is 1. The summed E-state index contributed by atoms with van der Waals surface area (Å²) in [5.74, 6) is 0. The average Bonchev–Trinajstić information content (AvgIpc) is 2.32. The van der Waals surface area contributed by atoms with Crippen molar-refractivity contribution in [1.82, 2.24) is 0 Å². The van der Waals surface area contributed by atoms with Gasteiger partial charge in [-0.2, -0.15) is 0 Å². The number of benzene rings is 2. The largest absolute Gasteiger partial charge is 0.397 e. The molecule has 0 aliphatic rings. The molecule has 0 fully saturated rings. The van der Waals surface area contributed by atoms with Gasteiger partial charge < -0.3 is 10.6 Å². The molecule has 0 heterocycles. The Balaban J connectivity index is 2.16. The zero-order valence-corrected chi connectivity index (χ0v) is 11.4. The smallest absolute Gasteiger partial charge is 0.0600 e. The summed E-state index contributed by atoms with van der Waals surface area (Å²) in [6.45, 7) is 2.85. The zero-order valence-electron chi connectivity index (χ0n) is 10.7. The van der Waals surface area contributed by atoms with E-state index in [2.05, 4.69) is 17.0 Å². The number of anilines is 2. The van der Waals surface area contributed by atoms with Crippen LogP contribution >= 0.6 is 11.6 Å². The van der Waals surface area contributed by atoms with Gasteiger partial charge in [-0.3, -0.25) is 0 Å². The molecular weight excluding hydrogens is 244 g/mol. The molecular formula is C15H17ClN2. The first-order chi connectivity index (χ1) is 8.56. The van der Waals surface area contributed by atoms with Crippen LogP contribution in [0, 0.1) is 6.92 Å². The van der Waals surface area contributed by atoms with Gasteiger partial charge in [0.1, 0.15) is 0 Å². The van der Waals surface area contributed by atoms with Gasteiger partial charge in [-0.25, -0.2) is 0 Å². The molecule has 0 unspecified atom stereocenters. The number of nitrogens with zero attached hydrogens (tertiary/aromatic N) is 1. The van der Waals surface area contributed by atoms with Gasteiger partial charge in [-0.15, -0.1) is 0 Å². The van der Waals surface area contributed by atoms with E-state index in [1.807, 2.05) is 44.3 Å². The summed E-state index contributed by atoms with van der Waals surface area (Å²) in [5, 5.41) is 0.760. The van der Waals surface area contributed by atoms with Crippen molar-refractivity contribution in [1.29, 1.82) is 0 Å². The fraction of sp³-hybridized carbons (Fsp3) is 0.200. The van der Waals surface area contributed by atoms with E-state index in [0.29, 0.717) is 0 Å². The molecule has 0 bridgehead atoms. The van der Waals surface area contributed by atoms with Gasteiger partial charge in [-0.1, -0.05) is 29.8 Å². The molecule has 2 nitrogen and oxygen atoms in total. The van der Waals surface area contributed by atoms with Crippen LogP contribution in [0.3, 0.4) is 0 Å². The van der Waals surface area contributed by atoms with Crippen LogP contribution in [0.15, 0.2) is 42.5 Å². The molecule has 0 aromatic heterocycles. The Kier molecular flexibility index (Phi) is 3.78. The minimum absolute atomic E-state index is 0.760. The maximum absolute atomic E-state index is 6.04. The molecule has 0 amide bonds. The molecule has 0 spiro atoms. The maximum atomic E-state index is 6.04. The number of hydrogen-bond donors (Lipinski definition) is 1. The Hall–Kier alpha value is -1.67. The highest BCUT2D eigenvalue weighted by Crippen LogP contribution is 2.24. The van der Waals surface area contributed by atoms with Gasteiger partial charge >= 0.3 is 0 Å². The molecule has 0 atom stereocenters. The second-order valence-electron chi connectivity index (χ2n) is 4.54. The van der Waals surface area contributed by atoms with Crippen molar-refractivity contribution in [3.05, 3.63) is 58.6 Å². The van der Waals surface area contributed by atoms with Gasteiger partial charge in [0.2, 0.25) is 0 Å². The lowest BCUT2D eigenvalue weighted by atomic mass is 10.1. The Morgan fingerprint density at radius 2 is 1.78 bits per heavy atom. The molecule has 0 saturated heterocycles. The minimum Gasteiger partial charge on any atom is -0.397 e. The van der Waals surface area contributed by atoms with Gasteiger partial charge in [0.05, 0.1) is 11.4 Å². The molecule has 2 aromatic rings. The van der Waals surface area contributed by atoms with E-state index in [9.17, 15) is 0 Å². The van der Waals surface area contributed by atoms with Crippen molar-refractivity contribution in [2.24, 2.45) is 0 Å². The second-order valence-corrected chi connectivity index (χ2v) is 4.98. The van der Waals surface area contributed by atoms with Gasteiger partial charge in [0.15, 0.2) is 0 Å². The van der Waals surface area contributed by atoms with Crippen LogP contribution in [0.5, 0.6) is 0 Å². The molecule has 94 valence electrons. The third kappa shape index (κ3) is 2.96. The van der Waals surface area contributed by atoms with E-state index in [1.165, 1.54) is 11.1 Å². The fourth-order valence-electron chi connectivity index (χ4n) is 1.97. The lowest BCUT2D eigenvalue weighted by Gasteiger charge is -2.21. The van der Waals surface area contributed by atoms with Crippen molar-refractivity contribution >= 4 is 23.0 Å². The summed E-state index contributed by atoms with van der Waals surface area (Å²) in [5.41, 5.74) is 10.3. The van der Waals surface area contributed by atoms with Crippen molar-refractivity contribution in [2.45, 2.75) is 13.5 Å². The first kappa shape index (κ1) is 12.8. The number of nitrogens with two attached hydrogens (primary N) is 1. The van der Waals surface area contributed by atoms with Crippen LogP contribution in [-0.2, 0) is 6.54 Å². The van der Waals surface area contributed by atoms with Crippen molar-refractivity contribution < 1.29 is 0 Å².